The van der Waals surface area contributed by atoms with Gasteiger partial charge < -0.3 is 16.2 Å². The van der Waals surface area contributed by atoms with E-state index >= 15 is 0 Å². The number of imide groups is 1. The van der Waals surface area contributed by atoms with Crippen molar-refractivity contribution >= 4 is 23.6 Å². The van der Waals surface area contributed by atoms with Gasteiger partial charge in [0.2, 0.25) is 0 Å². The van der Waals surface area contributed by atoms with E-state index in [0.717, 1.165) is 18.2 Å². The van der Waals surface area contributed by atoms with Crippen molar-refractivity contribution in [3.63, 3.8) is 0 Å². The van der Waals surface area contributed by atoms with Crippen molar-refractivity contribution in [3.8, 4) is 0 Å². The molecule has 0 fully saturated rings. The zero-order valence-corrected chi connectivity index (χ0v) is 9.10. The Morgan fingerprint density at radius 3 is 2.56 bits per heavy atom. The van der Waals surface area contributed by atoms with Crippen molar-refractivity contribution in [2.75, 3.05) is 12.3 Å². The van der Waals surface area contributed by atoms with Crippen molar-refractivity contribution in [2.45, 2.75) is 0 Å². The van der Waals surface area contributed by atoms with Crippen LogP contribution in [-0.2, 0) is 9.53 Å². The molecule has 7 nitrogen and oxygen atoms in total. The van der Waals surface area contributed by atoms with Gasteiger partial charge in [0.05, 0.1) is 11.3 Å². The number of nitrogens with two attached hydrogens (primary N) is 2. The third-order valence-electron chi connectivity index (χ3n) is 1.83. The number of benzene rings is 1. The molecule has 5 N–H and O–H groups in total. The van der Waals surface area contributed by atoms with Crippen LogP contribution >= 0.6 is 0 Å². The average Bonchev–Trinajstić information content (AvgIpc) is 2.28. The predicted octanol–water partition coefficient (Wildman–Crippen LogP) is -0.240. The van der Waals surface area contributed by atoms with E-state index in [1.54, 1.807) is 5.32 Å². The Hall–Kier alpha value is -2.64. The summed E-state index contributed by atoms with van der Waals surface area (Å²) in [6.07, 6.45) is 0. The predicted molar refractivity (Wildman–Crippen MR) is 58.8 cm³/mol. The van der Waals surface area contributed by atoms with Crippen LogP contribution in [0.5, 0.6) is 0 Å². The first kappa shape index (κ1) is 13.4. The van der Waals surface area contributed by atoms with Gasteiger partial charge >= 0.3 is 12.0 Å². The highest BCUT2D eigenvalue weighted by Crippen LogP contribution is 2.12. The third-order valence-corrected chi connectivity index (χ3v) is 1.83. The molecule has 0 aliphatic rings. The van der Waals surface area contributed by atoms with Gasteiger partial charge in [0.25, 0.3) is 5.91 Å². The Morgan fingerprint density at radius 2 is 2.00 bits per heavy atom. The van der Waals surface area contributed by atoms with Crippen LogP contribution in [0.3, 0.4) is 0 Å². The molecule has 0 radical (unpaired) electrons. The Bertz CT molecular complexity index is 504. The zero-order valence-electron chi connectivity index (χ0n) is 9.10. The lowest BCUT2D eigenvalue weighted by molar-refractivity contribution is -0.123. The molecule has 1 aromatic carbocycles. The van der Waals surface area contributed by atoms with Crippen LogP contribution in [0.25, 0.3) is 0 Å². The molecule has 0 saturated carbocycles. The molecule has 0 saturated heterocycles. The Morgan fingerprint density at radius 1 is 1.33 bits per heavy atom. The minimum atomic E-state index is -1.05. The maximum absolute atomic E-state index is 12.8. The summed E-state index contributed by atoms with van der Waals surface area (Å²) in [5, 5.41) is 1.71. The largest absolute Gasteiger partial charge is 0.452 e. The molecular formula is C10H10FN3O4. The van der Waals surface area contributed by atoms with E-state index < -0.39 is 30.3 Å². The number of carbonyl (C=O) groups excluding carboxylic acids is 3. The monoisotopic (exact) mass is 255 g/mol. The number of hydrogen-bond acceptors (Lipinski definition) is 5. The standard InChI is InChI=1S/C10H10FN3O4/c11-6-2-1-5(3-7(6)12)9(16)18-4-8(15)14-10(13)17/h1-3H,4,12H2,(H3,13,14,15,17). The number of nitrogens with one attached hydrogen (secondary N) is 1. The summed E-state index contributed by atoms with van der Waals surface area (Å²) in [6.45, 7) is -0.681. The summed E-state index contributed by atoms with van der Waals surface area (Å²) in [6, 6.07) is 2.17. The number of amides is 3. The van der Waals surface area contributed by atoms with Crippen LogP contribution in [-0.4, -0.2) is 24.5 Å². The molecule has 18 heavy (non-hydrogen) atoms. The molecule has 0 atom stereocenters. The minimum Gasteiger partial charge on any atom is -0.452 e. The van der Waals surface area contributed by atoms with E-state index in [1.165, 1.54) is 0 Å². The molecule has 1 aromatic rings. The van der Waals surface area contributed by atoms with Crippen molar-refractivity contribution < 1.29 is 23.5 Å². The number of urea groups is 1. The van der Waals surface area contributed by atoms with Gasteiger partial charge in [-0.15, -0.1) is 0 Å². The summed E-state index contributed by atoms with van der Waals surface area (Å²) < 4.78 is 17.4. The Balaban J connectivity index is 2.58. The molecule has 0 unspecified atom stereocenters. The first-order chi connectivity index (χ1) is 8.40. The fraction of sp³-hybridized carbons (Fsp3) is 0.100. The van der Waals surface area contributed by atoms with Crippen LogP contribution < -0.4 is 16.8 Å². The summed E-state index contributed by atoms with van der Waals surface area (Å²) >= 11 is 0. The van der Waals surface area contributed by atoms with Crippen LogP contribution in [0, 0.1) is 5.82 Å². The second kappa shape index (κ2) is 5.62. The van der Waals surface area contributed by atoms with Crippen LogP contribution in [0.1, 0.15) is 10.4 Å². The lowest BCUT2D eigenvalue weighted by atomic mass is 10.2. The average molecular weight is 255 g/mol. The molecule has 96 valence electrons. The molecule has 0 heterocycles. The number of esters is 1. The molecule has 0 bridgehead atoms. The van der Waals surface area contributed by atoms with E-state index in [2.05, 4.69) is 10.5 Å². The maximum Gasteiger partial charge on any atom is 0.338 e. The van der Waals surface area contributed by atoms with E-state index in [1.807, 2.05) is 0 Å². The number of primary amides is 1. The van der Waals surface area contributed by atoms with Crippen molar-refractivity contribution in [2.24, 2.45) is 5.73 Å². The zero-order chi connectivity index (χ0) is 13.7. The molecule has 0 aliphatic carbocycles. The fourth-order valence-corrected chi connectivity index (χ4v) is 1.06. The SMILES string of the molecule is NC(=O)NC(=O)COC(=O)c1ccc(F)c(N)c1. The van der Waals surface area contributed by atoms with Crippen molar-refractivity contribution in [1.82, 2.24) is 5.32 Å². The third kappa shape index (κ3) is 3.74. The van der Waals surface area contributed by atoms with Crippen LogP contribution in [0.4, 0.5) is 14.9 Å². The summed E-state index contributed by atoms with van der Waals surface area (Å²) in [7, 11) is 0. The highest BCUT2D eigenvalue weighted by atomic mass is 19.1. The fourth-order valence-electron chi connectivity index (χ4n) is 1.06. The van der Waals surface area contributed by atoms with Gasteiger partial charge in [-0.1, -0.05) is 0 Å². The molecule has 3 amide bonds. The minimum absolute atomic E-state index is 0.0132. The topological polar surface area (TPSA) is 125 Å². The summed E-state index contributed by atoms with van der Waals surface area (Å²) in [5.74, 6) is -2.41. The van der Waals surface area contributed by atoms with Crippen molar-refractivity contribution in [3.05, 3.63) is 29.6 Å². The molecular weight excluding hydrogens is 245 g/mol. The second-order valence-corrected chi connectivity index (χ2v) is 3.22. The van der Waals surface area contributed by atoms with Crippen LogP contribution in [0.15, 0.2) is 18.2 Å². The summed E-state index contributed by atoms with van der Waals surface area (Å²) in [4.78, 5) is 32.6. The molecule has 8 heteroatoms. The maximum atomic E-state index is 12.8. The molecule has 0 spiro atoms. The number of nitrogen functional groups attached to an aromatic ring is 1. The first-order valence-electron chi connectivity index (χ1n) is 4.71. The number of ether oxygens (including phenoxy) is 1. The van der Waals surface area contributed by atoms with Gasteiger partial charge in [-0.3, -0.25) is 10.1 Å². The van der Waals surface area contributed by atoms with Crippen molar-refractivity contribution in [1.29, 1.82) is 0 Å². The highest BCUT2D eigenvalue weighted by Gasteiger charge is 2.12. The quantitative estimate of drug-likeness (QED) is 0.507. The first-order valence-corrected chi connectivity index (χ1v) is 4.71. The van der Waals surface area contributed by atoms with Gasteiger partial charge in [0.15, 0.2) is 6.61 Å². The highest BCUT2D eigenvalue weighted by molar-refractivity contribution is 5.96. The number of carbonyl (C=O) groups is 3. The molecule has 0 aliphatic heterocycles. The number of rotatable bonds is 3. The van der Waals surface area contributed by atoms with Gasteiger partial charge in [-0.2, -0.15) is 0 Å². The van der Waals surface area contributed by atoms with Gasteiger partial charge in [-0.25, -0.2) is 14.0 Å². The van der Waals surface area contributed by atoms with E-state index in [-0.39, 0.29) is 11.3 Å². The van der Waals surface area contributed by atoms with Gasteiger partial charge in [0.1, 0.15) is 5.82 Å². The molecule has 1 rings (SSSR count). The van der Waals surface area contributed by atoms with Gasteiger partial charge in [-0.05, 0) is 18.2 Å². The number of hydrogen-bond donors (Lipinski definition) is 3. The lowest BCUT2D eigenvalue weighted by Gasteiger charge is -2.05. The lowest BCUT2D eigenvalue weighted by Crippen LogP contribution is -2.37. The summed E-state index contributed by atoms with van der Waals surface area (Å²) in [5.41, 5.74) is 9.71. The molecule has 0 aromatic heterocycles. The normalized spacial score (nSPS) is 9.61. The number of anilines is 1. The Labute approximate surface area is 101 Å². The van der Waals surface area contributed by atoms with E-state index in [0.29, 0.717) is 0 Å². The second-order valence-electron chi connectivity index (χ2n) is 3.22. The van der Waals surface area contributed by atoms with Crippen LogP contribution in [0.2, 0.25) is 0 Å². The smallest absolute Gasteiger partial charge is 0.338 e. The van der Waals surface area contributed by atoms with Gasteiger partial charge in [0, 0.05) is 0 Å². The Kier molecular flexibility index (Phi) is 4.19. The van der Waals surface area contributed by atoms with E-state index in [9.17, 15) is 18.8 Å². The van der Waals surface area contributed by atoms with E-state index in [4.69, 9.17) is 5.73 Å². The number of halogens is 1.